The standard InChI is InChI=1S/C20H28N4O4S/c1-2-29(25,26)24-16-8-6-15(7-9-16)22-20-21-12-14-4-3-5-18(19(14)23-20)28-17-10-11-27-13-17/h3-5,12,15-17,24H,2,6-11,13H2,1H3,(H,21,22,23). The molecule has 0 bridgehead atoms. The number of para-hydroxylation sites is 1. The number of anilines is 1. The van der Waals surface area contributed by atoms with Gasteiger partial charge in [0.05, 0.1) is 19.0 Å². The number of hydrogen-bond donors (Lipinski definition) is 2. The molecule has 2 fully saturated rings. The van der Waals surface area contributed by atoms with Crippen LogP contribution in [0.2, 0.25) is 0 Å². The second-order valence-corrected chi connectivity index (χ2v) is 9.75. The van der Waals surface area contributed by atoms with Crippen LogP contribution in [0.25, 0.3) is 10.9 Å². The van der Waals surface area contributed by atoms with Crippen molar-refractivity contribution in [3.05, 3.63) is 24.4 Å². The van der Waals surface area contributed by atoms with E-state index in [1.807, 2.05) is 24.4 Å². The molecule has 1 aromatic heterocycles. The highest BCUT2D eigenvalue weighted by atomic mass is 32.2. The Labute approximate surface area is 171 Å². The van der Waals surface area contributed by atoms with E-state index in [1.165, 1.54) is 0 Å². The first-order valence-corrected chi connectivity index (χ1v) is 11.9. The molecule has 0 spiro atoms. The molecule has 4 rings (SSSR count). The summed E-state index contributed by atoms with van der Waals surface area (Å²) in [5.74, 6) is 1.45. The molecule has 1 atom stereocenters. The summed E-state index contributed by atoms with van der Waals surface area (Å²) < 4.78 is 37.8. The van der Waals surface area contributed by atoms with E-state index < -0.39 is 10.0 Å². The first kappa shape index (κ1) is 20.3. The van der Waals surface area contributed by atoms with Gasteiger partial charge in [0.2, 0.25) is 16.0 Å². The molecule has 1 unspecified atom stereocenters. The number of benzene rings is 1. The molecule has 158 valence electrons. The van der Waals surface area contributed by atoms with Crippen molar-refractivity contribution in [3.8, 4) is 5.75 Å². The highest BCUT2D eigenvalue weighted by Crippen LogP contribution is 2.28. The number of nitrogens with one attached hydrogen (secondary N) is 2. The number of fused-ring (bicyclic) bond motifs is 1. The summed E-state index contributed by atoms with van der Waals surface area (Å²) >= 11 is 0. The van der Waals surface area contributed by atoms with Gasteiger partial charge in [-0.15, -0.1) is 0 Å². The van der Waals surface area contributed by atoms with Crippen molar-refractivity contribution in [3.63, 3.8) is 0 Å². The van der Waals surface area contributed by atoms with Crippen LogP contribution in [0.4, 0.5) is 5.95 Å². The number of aromatic nitrogens is 2. The number of nitrogens with zero attached hydrogens (tertiary/aromatic N) is 2. The fraction of sp³-hybridized carbons (Fsp3) is 0.600. The molecule has 1 aliphatic carbocycles. The highest BCUT2D eigenvalue weighted by Gasteiger charge is 2.25. The van der Waals surface area contributed by atoms with Crippen molar-refractivity contribution >= 4 is 26.9 Å². The van der Waals surface area contributed by atoms with Crippen LogP contribution in [-0.2, 0) is 14.8 Å². The zero-order chi connectivity index (χ0) is 20.3. The van der Waals surface area contributed by atoms with Gasteiger partial charge in [-0.1, -0.05) is 12.1 Å². The minimum Gasteiger partial charge on any atom is -0.486 e. The fourth-order valence-electron chi connectivity index (χ4n) is 3.85. The maximum Gasteiger partial charge on any atom is 0.223 e. The number of hydrogen-bond acceptors (Lipinski definition) is 7. The first-order chi connectivity index (χ1) is 14.0. The van der Waals surface area contributed by atoms with E-state index in [0.717, 1.165) is 55.4 Å². The van der Waals surface area contributed by atoms with E-state index in [-0.39, 0.29) is 23.9 Å². The van der Waals surface area contributed by atoms with Crippen molar-refractivity contribution in [1.29, 1.82) is 0 Å². The zero-order valence-corrected chi connectivity index (χ0v) is 17.5. The average molecular weight is 421 g/mol. The second-order valence-electron chi connectivity index (χ2n) is 7.71. The van der Waals surface area contributed by atoms with Gasteiger partial charge in [-0.2, -0.15) is 0 Å². The Balaban J connectivity index is 1.41. The van der Waals surface area contributed by atoms with Crippen LogP contribution < -0.4 is 14.8 Å². The van der Waals surface area contributed by atoms with Crippen LogP contribution in [0.5, 0.6) is 5.75 Å². The lowest BCUT2D eigenvalue weighted by Crippen LogP contribution is -2.40. The molecule has 0 radical (unpaired) electrons. The van der Waals surface area contributed by atoms with Gasteiger partial charge in [0, 0.05) is 30.1 Å². The lowest BCUT2D eigenvalue weighted by molar-refractivity contribution is 0.142. The molecule has 2 heterocycles. The molecule has 8 nitrogen and oxygen atoms in total. The molecular weight excluding hydrogens is 392 g/mol. The first-order valence-electron chi connectivity index (χ1n) is 10.3. The van der Waals surface area contributed by atoms with Crippen molar-refractivity contribution in [2.24, 2.45) is 0 Å². The SMILES string of the molecule is CCS(=O)(=O)NC1CCC(Nc2ncc3cccc(OC4CCOC4)c3n2)CC1. The van der Waals surface area contributed by atoms with Crippen LogP contribution >= 0.6 is 0 Å². The summed E-state index contributed by atoms with van der Waals surface area (Å²) in [6.07, 6.45) is 6.11. The quantitative estimate of drug-likeness (QED) is 0.709. The maximum atomic E-state index is 11.8. The predicted molar refractivity (Wildman–Crippen MR) is 112 cm³/mol. The minimum atomic E-state index is -3.15. The Bertz CT molecular complexity index is 939. The summed E-state index contributed by atoms with van der Waals surface area (Å²) in [5, 5.41) is 4.35. The highest BCUT2D eigenvalue weighted by molar-refractivity contribution is 7.89. The van der Waals surface area contributed by atoms with Crippen LogP contribution in [0.3, 0.4) is 0 Å². The largest absolute Gasteiger partial charge is 0.486 e. The van der Waals surface area contributed by atoms with Gasteiger partial charge in [-0.05, 0) is 38.7 Å². The zero-order valence-electron chi connectivity index (χ0n) is 16.6. The van der Waals surface area contributed by atoms with Crippen molar-refractivity contribution in [1.82, 2.24) is 14.7 Å². The fourth-order valence-corrected chi connectivity index (χ4v) is 4.76. The Kier molecular flexibility index (Phi) is 6.17. The van der Waals surface area contributed by atoms with Crippen LogP contribution in [-0.4, -0.2) is 55.5 Å². The van der Waals surface area contributed by atoms with Crippen LogP contribution in [0.1, 0.15) is 39.0 Å². The Morgan fingerprint density at radius 3 is 2.69 bits per heavy atom. The van der Waals surface area contributed by atoms with Gasteiger partial charge in [0.1, 0.15) is 17.4 Å². The minimum absolute atomic E-state index is 0.0177. The Hall–Kier alpha value is -1.97. The lowest BCUT2D eigenvalue weighted by Gasteiger charge is -2.29. The maximum absolute atomic E-state index is 11.8. The summed E-state index contributed by atoms with van der Waals surface area (Å²) in [6.45, 7) is 3.00. The van der Waals surface area contributed by atoms with Gasteiger partial charge < -0.3 is 14.8 Å². The van der Waals surface area contributed by atoms with Gasteiger partial charge in [-0.25, -0.2) is 23.1 Å². The van der Waals surface area contributed by atoms with Crippen LogP contribution in [0, 0.1) is 0 Å². The van der Waals surface area contributed by atoms with Gasteiger partial charge >= 0.3 is 0 Å². The number of ether oxygens (including phenoxy) is 2. The molecule has 1 aliphatic heterocycles. The van der Waals surface area contributed by atoms with Crippen molar-refractivity contribution < 1.29 is 17.9 Å². The molecule has 2 aliphatic rings. The average Bonchev–Trinajstić information content (AvgIpc) is 3.23. The number of sulfonamides is 1. The number of rotatable bonds is 7. The van der Waals surface area contributed by atoms with E-state index in [0.29, 0.717) is 12.6 Å². The van der Waals surface area contributed by atoms with E-state index in [9.17, 15) is 8.42 Å². The van der Waals surface area contributed by atoms with Crippen LogP contribution in [0.15, 0.2) is 24.4 Å². The third kappa shape index (κ3) is 5.15. The summed E-state index contributed by atoms with van der Waals surface area (Å²) in [6, 6.07) is 6.10. The van der Waals surface area contributed by atoms with E-state index >= 15 is 0 Å². The second kappa shape index (κ2) is 8.81. The van der Waals surface area contributed by atoms with Gasteiger partial charge in [0.25, 0.3) is 0 Å². The molecule has 0 amide bonds. The Morgan fingerprint density at radius 2 is 1.97 bits per heavy atom. The molecule has 29 heavy (non-hydrogen) atoms. The summed E-state index contributed by atoms with van der Waals surface area (Å²) in [7, 11) is -3.15. The van der Waals surface area contributed by atoms with E-state index in [1.54, 1.807) is 6.92 Å². The third-order valence-electron chi connectivity index (χ3n) is 5.54. The summed E-state index contributed by atoms with van der Waals surface area (Å²) in [4.78, 5) is 9.16. The molecule has 2 aromatic rings. The van der Waals surface area contributed by atoms with Crippen molar-refractivity contribution in [2.45, 2.75) is 57.2 Å². The predicted octanol–water partition coefficient (Wildman–Crippen LogP) is 2.46. The van der Waals surface area contributed by atoms with Gasteiger partial charge in [-0.3, -0.25) is 0 Å². The molecule has 1 saturated carbocycles. The monoisotopic (exact) mass is 420 g/mol. The van der Waals surface area contributed by atoms with Crippen molar-refractivity contribution in [2.75, 3.05) is 24.3 Å². The molecule has 2 N–H and O–H groups in total. The summed E-state index contributed by atoms with van der Waals surface area (Å²) in [5.41, 5.74) is 0.793. The topological polar surface area (TPSA) is 102 Å². The molecular formula is C20H28N4O4S. The van der Waals surface area contributed by atoms with E-state index in [2.05, 4.69) is 15.0 Å². The molecule has 9 heteroatoms. The normalized spacial score (nSPS) is 25.2. The smallest absolute Gasteiger partial charge is 0.223 e. The van der Waals surface area contributed by atoms with E-state index in [4.69, 9.17) is 14.5 Å². The third-order valence-corrected chi connectivity index (χ3v) is 6.99. The van der Waals surface area contributed by atoms with Gasteiger partial charge in [0.15, 0.2) is 0 Å². The molecule has 1 aromatic carbocycles. The molecule has 1 saturated heterocycles. The Morgan fingerprint density at radius 1 is 1.17 bits per heavy atom. The lowest BCUT2D eigenvalue weighted by atomic mass is 9.92.